The van der Waals surface area contributed by atoms with Crippen LogP contribution in [-0.2, 0) is 0 Å². The molecule has 110 valence electrons. The third-order valence-electron chi connectivity index (χ3n) is 3.80. The van der Waals surface area contributed by atoms with Crippen molar-refractivity contribution in [3.05, 3.63) is 52.8 Å². The van der Waals surface area contributed by atoms with Crippen LogP contribution < -0.4 is 5.56 Å². The first kappa shape index (κ1) is 14.0. The molecule has 0 aliphatic carbocycles. The van der Waals surface area contributed by atoms with Gasteiger partial charge in [-0.25, -0.2) is 4.68 Å². The maximum Gasteiger partial charge on any atom is 0.267 e. The van der Waals surface area contributed by atoms with Crippen molar-refractivity contribution in [1.82, 2.24) is 14.7 Å². The van der Waals surface area contributed by atoms with Gasteiger partial charge in [0.25, 0.3) is 5.56 Å². The van der Waals surface area contributed by atoms with E-state index >= 15 is 0 Å². The Hall–Kier alpha value is -1.94. The lowest BCUT2D eigenvalue weighted by Gasteiger charge is -2.40. The van der Waals surface area contributed by atoms with Crippen molar-refractivity contribution in [2.45, 2.75) is 19.9 Å². The van der Waals surface area contributed by atoms with E-state index in [4.69, 9.17) is 0 Å². The van der Waals surface area contributed by atoms with Crippen LogP contribution in [0.5, 0.6) is 0 Å². The molecule has 1 aromatic carbocycles. The summed E-state index contributed by atoms with van der Waals surface area (Å²) in [6.07, 6.45) is 0. The van der Waals surface area contributed by atoms with Gasteiger partial charge in [0.05, 0.1) is 11.7 Å². The Bertz CT molecular complexity index is 657. The Morgan fingerprint density at radius 2 is 1.86 bits per heavy atom. The molecule has 0 amide bonds. The second kappa shape index (κ2) is 5.82. The Kier molecular flexibility index (Phi) is 3.88. The van der Waals surface area contributed by atoms with Gasteiger partial charge in [-0.3, -0.25) is 9.69 Å². The molecule has 1 aliphatic heterocycles. The molecule has 0 N–H and O–H groups in total. The van der Waals surface area contributed by atoms with E-state index in [-0.39, 0.29) is 11.6 Å². The highest BCUT2D eigenvalue weighted by Crippen LogP contribution is 2.21. The highest BCUT2D eigenvalue weighted by atomic mass is 16.1. The van der Waals surface area contributed by atoms with E-state index in [9.17, 15) is 4.79 Å². The summed E-state index contributed by atoms with van der Waals surface area (Å²) in [6, 6.07) is 13.6. The van der Waals surface area contributed by atoms with E-state index in [0.29, 0.717) is 5.92 Å². The van der Waals surface area contributed by atoms with Crippen LogP contribution in [0.4, 0.5) is 0 Å². The van der Waals surface area contributed by atoms with Gasteiger partial charge < -0.3 is 0 Å². The average Bonchev–Trinajstić information content (AvgIpc) is 2.44. The first-order valence-electron chi connectivity index (χ1n) is 7.51. The van der Waals surface area contributed by atoms with Crippen molar-refractivity contribution >= 4 is 0 Å². The molecule has 0 atom stereocenters. The van der Waals surface area contributed by atoms with Crippen molar-refractivity contribution < 1.29 is 0 Å². The fourth-order valence-corrected chi connectivity index (χ4v) is 2.81. The van der Waals surface area contributed by atoms with Crippen LogP contribution in [-0.4, -0.2) is 34.3 Å². The number of hydrogen-bond acceptors (Lipinski definition) is 3. The summed E-state index contributed by atoms with van der Waals surface area (Å²) < 4.78 is 1.65. The summed E-state index contributed by atoms with van der Waals surface area (Å²) >= 11 is 0. The van der Waals surface area contributed by atoms with Gasteiger partial charge in [-0.2, -0.15) is 5.10 Å². The van der Waals surface area contributed by atoms with E-state index in [1.807, 2.05) is 30.3 Å². The predicted molar refractivity (Wildman–Crippen MR) is 84.2 cm³/mol. The van der Waals surface area contributed by atoms with Gasteiger partial charge in [0.15, 0.2) is 0 Å². The first-order valence-corrected chi connectivity index (χ1v) is 7.51. The number of likely N-dealkylation sites (tertiary alicyclic amines) is 1. The number of benzene rings is 1. The molecular formula is C17H21N3O. The molecule has 0 bridgehead atoms. The third-order valence-corrected chi connectivity index (χ3v) is 3.80. The SMILES string of the molecule is CC(C)CN1CC(n2nc(-c3ccccc3)ccc2=O)C1. The first-order chi connectivity index (χ1) is 10.1. The second-order valence-electron chi connectivity index (χ2n) is 6.13. The smallest absolute Gasteiger partial charge is 0.267 e. The van der Waals surface area contributed by atoms with Gasteiger partial charge in [0.2, 0.25) is 0 Å². The molecule has 0 saturated carbocycles. The van der Waals surface area contributed by atoms with Crippen molar-refractivity contribution in [1.29, 1.82) is 0 Å². The van der Waals surface area contributed by atoms with Gasteiger partial charge in [-0.15, -0.1) is 0 Å². The molecule has 0 unspecified atom stereocenters. The van der Waals surface area contributed by atoms with E-state index in [2.05, 4.69) is 23.8 Å². The molecule has 0 radical (unpaired) electrons. The van der Waals surface area contributed by atoms with Gasteiger partial charge in [-0.1, -0.05) is 44.2 Å². The number of rotatable bonds is 4. The molecule has 1 aromatic heterocycles. The van der Waals surface area contributed by atoms with Crippen molar-refractivity contribution in [3.8, 4) is 11.3 Å². The second-order valence-corrected chi connectivity index (χ2v) is 6.13. The lowest BCUT2D eigenvalue weighted by atomic mass is 10.1. The van der Waals surface area contributed by atoms with Gasteiger partial charge >= 0.3 is 0 Å². The number of aromatic nitrogens is 2. The summed E-state index contributed by atoms with van der Waals surface area (Å²) in [7, 11) is 0. The van der Waals surface area contributed by atoms with Crippen LogP contribution in [0, 0.1) is 5.92 Å². The zero-order chi connectivity index (χ0) is 14.8. The minimum absolute atomic E-state index is 0.0103. The maximum absolute atomic E-state index is 12.0. The summed E-state index contributed by atoms with van der Waals surface area (Å²) in [5.74, 6) is 0.659. The highest BCUT2D eigenvalue weighted by Gasteiger charge is 2.29. The van der Waals surface area contributed by atoms with Crippen LogP contribution >= 0.6 is 0 Å². The molecule has 21 heavy (non-hydrogen) atoms. The van der Waals surface area contributed by atoms with Crippen LogP contribution in [0.25, 0.3) is 11.3 Å². The molecule has 1 saturated heterocycles. The Balaban J connectivity index is 1.79. The largest absolute Gasteiger partial charge is 0.299 e. The van der Waals surface area contributed by atoms with E-state index in [1.165, 1.54) is 0 Å². The zero-order valence-electron chi connectivity index (χ0n) is 12.6. The molecule has 2 heterocycles. The summed E-state index contributed by atoms with van der Waals surface area (Å²) in [4.78, 5) is 14.4. The van der Waals surface area contributed by atoms with E-state index in [0.717, 1.165) is 30.9 Å². The van der Waals surface area contributed by atoms with Crippen molar-refractivity contribution in [2.75, 3.05) is 19.6 Å². The Morgan fingerprint density at radius 1 is 1.14 bits per heavy atom. The van der Waals surface area contributed by atoms with Crippen molar-refractivity contribution in [3.63, 3.8) is 0 Å². The third kappa shape index (κ3) is 3.05. The van der Waals surface area contributed by atoms with Gasteiger partial charge in [0, 0.05) is 31.3 Å². The van der Waals surface area contributed by atoms with Crippen LogP contribution in [0.2, 0.25) is 0 Å². The lowest BCUT2D eigenvalue weighted by Crippen LogP contribution is -2.51. The van der Waals surface area contributed by atoms with Crippen LogP contribution in [0.1, 0.15) is 19.9 Å². The fourth-order valence-electron chi connectivity index (χ4n) is 2.81. The lowest BCUT2D eigenvalue weighted by molar-refractivity contribution is 0.0830. The summed E-state index contributed by atoms with van der Waals surface area (Å²) in [6.45, 7) is 7.36. The molecule has 4 nitrogen and oxygen atoms in total. The van der Waals surface area contributed by atoms with Crippen molar-refractivity contribution in [2.24, 2.45) is 5.92 Å². The number of hydrogen-bond donors (Lipinski definition) is 0. The van der Waals surface area contributed by atoms with Crippen LogP contribution in [0.15, 0.2) is 47.3 Å². The Morgan fingerprint density at radius 3 is 2.52 bits per heavy atom. The van der Waals surface area contributed by atoms with E-state index in [1.54, 1.807) is 16.8 Å². The zero-order valence-corrected chi connectivity index (χ0v) is 12.6. The fraction of sp³-hybridized carbons (Fsp3) is 0.412. The number of nitrogens with zero attached hydrogens (tertiary/aromatic N) is 3. The molecule has 0 spiro atoms. The minimum atomic E-state index is -0.0103. The maximum atomic E-state index is 12.0. The standard InChI is InChI=1S/C17H21N3O/c1-13(2)10-19-11-15(12-19)20-17(21)9-8-16(18-20)14-6-4-3-5-7-14/h3-9,13,15H,10-12H2,1-2H3. The topological polar surface area (TPSA) is 38.1 Å². The average molecular weight is 283 g/mol. The molecular weight excluding hydrogens is 262 g/mol. The molecule has 4 heteroatoms. The highest BCUT2D eigenvalue weighted by molar-refractivity contribution is 5.57. The summed E-state index contributed by atoms with van der Waals surface area (Å²) in [5.41, 5.74) is 1.89. The molecule has 2 aromatic rings. The predicted octanol–water partition coefficient (Wildman–Crippen LogP) is 2.42. The minimum Gasteiger partial charge on any atom is -0.299 e. The van der Waals surface area contributed by atoms with Crippen LogP contribution in [0.3, 0.4) is 0 Å². The quantitative estimate of drug-likeness (QED) is 0.865. The monoisotopic (exact) mass is 283 g/mol. The molecule has 1 fully saturated rings. The van der Waals surface area contributed by atoms with E-state index < -0.39 is 0 Å². The summed E-state index contributed by atoms with van der Waals surface area (Å²) in [5, 5.41) is 4.56. The Labute approximate surface area is 125 Å². The van der Waals surface area contributed by atoms with Gasteiger partial charge in [0.1, 0.15) is 0 Å². The van der Waals surface area contributed by atoms with Gasteiger partial charge in [-0.05, 0) is 12.0 Å². The molecule has 3 rings (SSSR count). The normalized spacial score (nSPS) is 16.1. The molecule has 1 aliphatic rings.